The van der Waals surface area contributed by atoms with Crippen LogP contribution in [0.2, 0.25) is 5.02 Å². The van der Waals surface area contributed by atoms with Crippen LogP contribution in [0.3, 0.4) is 0 Å². The maximum absolute atomic E-state index is 6.01. The molecule has 0 fully saturated rings. The van der Waals surface area contributed by atoms with Crippen LogP contribution in [0.4, 0.5) is 0 Å². The van der Waals surface area contributed by atoms with Crippen LogP contribution in [0.5, 0.6) is 11.6 Å². The molecule has 20 heavy (non-hydrogen) atoms. The van der Waals surface area contributed by atoms with Crippen molar-refractivity contribution < 1.29 is 4.74 Å². The molecule has 0 radical (unpaired) electrons. The smallest absolute Gasteiger partial charge is 0.242 e. The number of halogens is 1. The standard InChI is InChI=1S/C15H14ClN3O/c1-10-5-6-11(16)8-13(10)20-15-12(9-17)19-7-3-2-4-14(19)18-15/h2-8H,9,17H2,1H3. The molecule has 0 amide bonds. The lowest BCUT2D eigenvalue weighted by Crippen LogP contribution is -2.02. The van der Waals surface area contributed by atoms with Crippen LogP contribution in [0, 0.1) is 6.92 Å². The summed E-state index contributed by atoms with van der Waals surface area (Å²) in [6, 6.07) is 11.3. The second-order valence-electron chi connectivity index (χ2n) is 4.51. The molecule has 0 unspecified atom stereocenters. The van der Waals surface area contributed by atoms with E-state index in [1.165, 1.54) is 0 Å². The average Bonchev–Trinajstić information content (AvgIpc) is 2.80. The van der Waals surface area contributed by atoms with Crippen molar-refractivity contribution in [3.05, 3.63) is 58.9 Å². The normalized spacial score (nSPS) is 10.9. The summed E-state index contributed by atoms with van der Waals surface area (Å²) in [5.74, 6) is 1.21. The van der Waals surface area contributed by atoms with Crippen LogP contribution in [0.1, 0.15) is 11.3 Å². The molecule has 2 heterocycles. The van der Waals surface area contributed by atoms with Gasteiger partial charge in [-0.2, -0.15) is 4.98 Å². The molecule has 102 valence electrons. The molecule has 0 bridgehead atoms. The zero-order chi connectivity index (χ0) is 14.1. The third kappa shape index (κ3) is 2.24. The van der Waals surface area contributed by atoms with Gasteiger partial charge < -0.3 is 10.5 Å². The van der Waals surface area contributed by atoms with Crippen molar-refractivity contribution in [1.29, 1.82) is 0 Å². The Kier molecular flexibility index (Phi) is 3.34. The van der Waals surface area contributed by atoms with Crippen LogP contribution >= 0.6 is 11.6 Å². The van der Waals surface area contributed by atoms with E-state index in [0.717, 1.165) is 16.9 Å². The average molecular weight is 288 g/mol. The van der Waals surface area contributed by atoms with E-state index in [-0.39, 0.29) is 0 Å². The number of aryl methyl sites for hydroxylation is 1. The minimum atomic E-state index is 0.347. The Morgan fingerprint density at radius 3 is 2.95 bits per heavy atom. The molecule has 0 aliphatic carbocycles. The largest absolute Gasteiger partial charge is 0.437 e. The minimum Gasteiger partial charge on any atom is -0.437 e. The predicted octanol–water partition coefficient (Wildman–Crippen LogP) is 3.55. The van der Waals surface area contributed by atoms with Crippen molar-refractivity contribution in [2.75, 3.05) is 0 Å². The summed E-state index contributed by atoms with van der Waals surface area (Å²) in [4.78, 5) is 4.47. The van der Waals surface area contributed by atoms with Gasteiger partial charge in [-0.1, -0.05) is 23.7 Å². The highest BCUT2D eigenvalue weighted by atomic mass is 35.5. The lowest BCUT2D eigenvalue weighted by molar-refractivity contribution is 0.456. The van der Waals surface area contributed by atoms with Crippen molar-refractivity contribution in [3.63, 3.8) is 0 Å². The summed E-state index contributed by atoms with van der Waals surface area (Å²) in [5, 5.41) is 0.628. The minimum absolute atomic E-state index is 0.347. The van der Waals surface area contributed by atoms with E-state index in [2.05, 4.69) is 4.98 Å². The number of hydrogen-bond acceptors (Lipinski definition) is 3. The van der Waals surface area contributed by atoms with Crippen LogP contribution in [0.15, 0.2) is 42.6 Å². The van der Waals surface area contributed by atoms with E-state index in [9.17, 15) is 0 Å². The fourth-order valence-corrected chi connectivity index (χ4v) is 2.24. The van der Waals surface area contributed by atoms with Crippen LogP contribution < -0.4 is 10.5 Å². The lowest BCUT2D eigenvalue weighted by Gasteiger charge is -2.08. The maximum atomic E-state index is 6.01. The molecule has 1 aromatic carbocycles. The first-order chi connectivity index (χ1) is 9.69. The van der Waals surface area contributed by atoms with E-state index in [4.69, 9.17) is 22.1 Å². The molecule has 0 atom stereocenters. The summed E-state index contributed by atoms with van der Waals surface area (Å²) < 4.78 is 7.83. The highest BCUT2D eigenvalue weighted by Gasteiger charge is 2.13. The number of nitrogens with two attached hydrogens (primary N) is 1. The lowest BCUT2D eigenvalue weighted by atomic mass is 10.2. The second kappa shape index (κ2) is 5.15. The summed E-state index contributed by atoms with van der Waals surface area (Å²) in [6.45, 7) is 2.31. The third-order valence-electron chi connectivity index (χ3n) is 3.14. The zero-order valence-electron chi connectivity index (χ0n) is 11.0. The molecule has 0 saturated carbocycles. The highest BCUT2D eigenvalue weighted by Crippen LogP contribution is 2.30. The number of aromatic nitrogens is 2. The molecule has 2 N–H and O–H groups in total. The van der Waals surface area contributed by atoms with E-state index >= 15 is 0 Å². The fourth-order valence-electron chi connectivity index (χ4n) is 2.08. The summed E-state index contributed by atoms with van der Waals surface area (Å²) in [6.07, 6.45) is 1.92. The SMILES string of the molecule is Cc1ccc(Cl)cc1Oc1nc2ccccn2c1CN. The van der Waals surface area contributed by atoms with Gasteiger partial charge in [0.15, 0.2) is 0 Å². The Morgan fingerprint density at radius 2 is 2.15 bits per heavy atom. The summed E-state index contributed by atoms with van der Waals surface area (Å²) >= 11 is 6.01. The zero-order valence-corrected chi connectivity index (χ0v) is 11.8. The molecular formula is C15H14ClN3O. The fraction of sp³-hybridized carbons (Fsp3) is 0.133. The Morgan fingerprint density at radius 1 is 1.30 bits per heavy atom. The van der Waals surface area contributed by atoms with Gasteiger partial charge in [0.1, 0.15) is 17.1 Å². The van der Waals surface area contributed by atoms with Gasteiger partial charge in [0.2, 0.25) is 5.88 Å². The quantitative estimate of drug-likeness (QED) is 0.801. The number of rotatable bonds is 3. The number of benzene rings is 1. The van der Waals surface area contributed by atoms with Crippen molar-refractivity contribution in [3.8, 4) is 11.6 Å². The Labute approximate surface area is 121 Å². The monoisotopic (exact) mass is 287 g/mol. The molecule has 4 nitrogen and oxygen atoms in total. The topological polar surface area (TPSA) is 52.5 Å². The molecule has 0 aliphatic heterocycles. The number of nitrogens with zero attached hydrogens (tertiary/aromatic N) is 2. The van der Waals surface area contributed by atoms with E-state index in [1.807, 2.05) is 47.9 Å². The number of imidazole rings is 1. The number of pyridine rings is 1. The van der Waals surface area contributed by atoms with Gasteiger partial charge in [-0.25, -0.2) is 0 Å². The molecule has 3 aromatic rings. The highest BCUT2D eigenvalue weighted by molar-refractivity contribution is 6.30. The molecular weight excluding hydrogens is 274 g/mol. The first kappa shape index (κ1) is 13.0. The molecule has 0 saturated heterocycles. The molecule has 5 heteroatoms. The van der Waals surface area contributed by atoms with E-state index in [1.54, 1.807) is 6.07 Å². The van der Waals surface area contributed by atoms with Gasteiger partial charge in [0, 0.05) is 17.8 Å². The molecule has 2 aromatic heterocycles. The first-order valence-electron chi connectivity index (χ1n) is 6.29. The third-order valence-corrected chi connectivity index (χ3v) is 3.38. The van der Waals surface area contributed by atoms with Crippen molar-refractivity contribution >= 4 is 17.2 Å². The van der Waals surface area contributed by atoms with Gasteiger partial charge >= 0.3 is 0 Å². The Hall–Kier alpha value is -2.04. The molecule has 0 spiro atoms. The van der Waals surface area contributed by atoms with Crippen LogP contribution in [-0.2, 0) is 6.54 Å². The second-order valence-corrected chi connectivity index (χ2v) is 4.94. The van der Waals surface area contributed by atoms with Gasteiger partial charge in [-0.3, -0.25) is 4.40 Å². The molecule has 0 aliphatic rings. The Balaban J connectivity index is 2.08. The van der Waals surface area contributed by atoms with Gasteiger partial charge in [-0.15, -0.1) is 0 Å². The van der Waals surface area contributed by atoms with Crippen molar-refractivity contribution in [1.82, 2.24) is 9.38 Å². The van der Waals surface area contributed by atoms with E-state index in [0.29, 0.717) is 23.2 Å². The van der Waals surface area contributed by atoms with Crippen molar-refractivity contribution in [2.45, 2.75) is 13.5 Å². The predicted molar refractivity (Wildman–Crippen MR) is 79.3 cm³/mol. The summed E-state index contributed by atoms with van der Waals surface area (Å²) in [5.41, 5.74) is 8.45. The number of ether oxygens (including phenoxy) is 1. The first-order valence-corrected chi connectivity index (χ1v) is 6.67. The number of hydrogen-bond donors (Lipinski definition) is 1. The maximum Gasteiger partial charge on any atom is 0.242 e. The van der Waals surface area contributed by atoms with Gasteiger partial charge in [0.25, 0.3) is 0 Å². The van der Waals surface area contributed by atoms with Crippen LogP contribution in [0.25, 0.3) is 5.65 Å². The Bertz CT molecular complexity index is 767. The van der Waals surface area contributed by atoms with E-state index < -0.39 is 0 Å². The number of fused-ring (bicyclic) bond motifs is 1. The van der Waals surface area contributed by atoms with Crippen LogP contribution in [-0.4, -0.2) is 9.38 Å². The summed E-state index contributed by atoms with van der Waals surface area (Å²) in [7, 11) is 0. The van der Waals surface area contributed by atoms with Gasteiger partial charge in [0.05, 0.1) is 0 Å². The molecule has 3 rings (SSSR count). The van der Waals surface area contributed by atoms with Crippen molar-refractivity contribution in [2.24, 2.45) is 5.73 Å². The van der Waals surface area contributed by atoms with Gasteiger partial charge in [-0.05, 0) is 36.8 Å².